The van der Waals surface area contributed by atoms with Crippen LogP contribution in [0.25, 0.3) is 0 Å². The van der Waals surface area contributed by atoms with Crippen molar-refractivity contribution >= 4 is 29.0 Å². The fourth-order valence-corrected chi connectivity index (χ4v) is 0.953. The lowest BCUT2D eigenvalue weighted by Gasteiger charge is -2.12. The lowest BCUT2D eigenvalue weighted by molar-refractivity contribution is 0.169. The van der Waals surface area contributed by atoms with Crippen molar-refractivity contribution in [1.82, 2.24) is 9.55 Å². The predicted octanol–water partition coefficient (Wildman–Crippen LogP) is 1.67. The Balaban J connectivity index is 3.27. The molecule has 1 aromatic heterocycles. The molecular weight excluding hydrogens is 237 g/mol. The third-order valence-corrected chi connectivity index (χ3v) is 1.69. The molecule has 0 fully saturated rings. The van der Waals surface area contributed by atoms with Gasteiger partial charge in [0.25, 0.3) is 0 Å². The molecule has 2 N–H and O–H groups in total. The fourth-order valence-electron chi connectivity index (χ4n) is 0.716. The monoisotopic (exact) mass is 240 g/mol. The first-order chi connectivity index (χ1) is 6.32. The van der Waals surface area contributed by atoms with Gasteiger partial charge in [0.1, 0.15) is 10.6 Å². The molecular formula is C6H4Cl2F2N4. The summed E-state index contributed by atoms with van der Waals surface area (Å²) in [5, 5.41) is 10.2. The molecule has 0 aliphatic heterocycles. The lowest BCUT2D eigenvalue weighted by atomic mass is 10.5. The quantitative estimate of drug-likeness (QED) is 0.438. The summed E-state index contributed by atoms with van der Waals surface area (Å²) < 4.78 is 25.5. The van der Waals surface area contributed by atoms with Crippen LogP contribution in [0.4, 0.5) is 8.78 Å². The number of nitrogens with zero attached hydrogens (tertiary/aromatic N) is 2. The molecule has 0 atom stereocenters. The third kappa shape index (κ3) is 2.27. The van der Waals surface area contributed by atoms with Gasteiger partial charge in [0.15, 0.2) is 5.84 Å². The summed E-state index contributed by atoms with van der Waals surface area (Å²) in [4.78, 5) is 3.48. The summed E-state index contributed by atoms with van der Waals surface area (Å²) >= 11 is 10.0. The SMILES string of the molecule is N=C(n1cc(Cl)ncc1=N)C(F)(F)Cl. The highest BCUT2D eigenvalue weighted by Gasteiger charge is 2.33. The van der Waals surface area contributed by atoms with Gasteiger partial charge in [0.05, 0.1) is 6.20 Å². The molecule has 0 amide bonds. The van der Waals surface area contributed by atoms with Crippen LogP contribution in [0.2, 0.25) is 5.15 Å². The highest BCUT2D eigenvalue weighted by molar-refractivity contribution is 6.33. The number of alkyl halides is 3. The van der Waals surface area contributed by atoms with Crippen molar-refractivity contribution in [2.24, 2.45) is 0 Å². The van der Waals surface area contributed by atoms with Crippen molar-refractivity contribution in [3.05, 3.63) is 23.0 Å². The van der Waals surface area contributed by atoms with Gasteiger partial charge < -0.3 is 0 Å². The lowest BCUT2D eigenvalue weighted by Crippen LogP contribution is -2.35. The normalized spacial score (nSPS) is 11.4. The van der Waals surface area contributed by atoms with E-state index in [4.69, 9.17) is 22.4 Å². The minimum Gasteiger partial charge on any atom is -0.283 e. The van der Waals surface area contributed by atoms with Gasteiger partial charge in [-0.3, -0.25) is 15.4 Å². The molecule has 0 spiro atoms. The van der Waals surface area contributed by atoms with E-state index in [0.29, 0.717) is 4.57 Å². The Morgan fingerprint density at radius 1 is 1.57 bits per heavy atom. The van der Waals surface area contributed by atoms with Gasteiger partial charge in [-0.1, -0.05) is 11.6 Å². The van der Waals surface area contributed by atoms with Crippen LogP contribution < -0.4 is 5.49 Å². The molecule has 0 unspecified atom stereocenters. The highest BCUT2D eigenvalue weighted by atomic mass is 35.5. The minimum absolute atomic E-state index is 0.105. The van der Waals surface area contributed by atoms with E-state index in [1.807, 2.05) is 0 Å². The second-order valence-corrected chi connectivity index (χ2v) is 3.17. The van der Waals surface area contributed by atoms with Gasteiger partial charge in [0, 0.05) is 6.20 Å². The highest BCUT2D eigenvalue weighted by Crippen LogP contribution is 2.20. The van der Waals surface area contributed by atoms with E-state index in [9.17, 15) is 8.78 Å². The van der Waals surface area contributed by atoms with Crippen molar-refractivity contribution < 1.29 is 8.78 Å². The maximum atomic E-state index is 12.5. The zero-order valence-corrected chi connectivity index (χ0v) is 8.07. The minimum atomic E-state index is -3.84. The molecule has 0 aliphatic carbocycles. The molecule has 0 aliphatic rings. The molecule has 4 nitrogen and oxygen atoms in total. The van der Waals surface area contributed by atoms with Crippen molar-refractivity contribution in [3.63, 3.8) is 0 Å². The van der Waals surface area contributed by atoms with Crippen LogP contribution in [0.5, 0.6) is 0 Å². The van der Waals surface area contributed by atoms with Crippen molar-refractivity contribution in [3.8, 4) is 0 Å². The Kier molecular flexibility index (Phi) is 2.86. The van der Waals surface area contributed by atoms with Crippen molar-refractivity contribution in [2.45, 2.75) is 5.38 Å². The number of nitrogens with one attached hydrogen (secondary N) is 2. The Hall–Kier alpha value is -1.01. The van der Waals surface area contributed by atoms with E-state index in [1.165, 1.54) is 0 Å². The van der Waals surface area contributed by atoms with Gasteiger partial charge in [-0.25, -0.2) is 4.98 Å². The van der Waals surface area contributed by atoms with Gasteiger partial charge in [-0.2, -0.15) is 8.78 Å². The first-order valence-corrected chi connectivity index (χ1v) is 4.03. The average molecular weight is 241 g/mol. The second-order valence-electron chi connectivity index (χ2n) is 2.31. The van der Waals surface area contributed by atoms with Crippen molar-refractivity contribution in [1.29, 1.82) is 10.8 Å². The van der Waals surface area contributed by atoms with Crippen LogP contribution in [0.1, 0.15) is 0 Å². The molecule has 0 aromatic carbocycles. The number of rotatable bonds is 1. The largest absolute Gasteiger partial charge is 0.379 e. The standard InChI is InChI=1S/C6H4Cl2F2N4/c7-3-2-14(4(11)1-13-3)5(12)6(8,9)10/h1-2,11-12H. The molecule has 8 heteroatoms. The first-order valence-electron chi connectivity index (χ1n) is 3.27. The summed E-state index contributed by atoms with van der Waals surface area (Å²) in [5.74, 6) is -1.24. The van der Waals surface area contributed by atoms with Crippen LogP contribution in [0.15, 0.2) is 12.4 Å². The maximum absolute atomic E-state index is 12.5. The number of hydrogen-bond acceptors (Lipinski definition) is 3. The van der Waals surface area contributed by atoms with Crippen molar-refractivity contribution in [2.75, 3.05) is 0 Å². The molecule has 0 bridgehead atoms. The molecule has 1 aromatic rings. The van der Waals surface area contributed by atoms with E-state index in [-0.39, 0.29) is 5.15 Å². The average Bonchev–Trinajstić information content (AvgIpc) is 2.06. The Labute approximate surface area is 87.1 Å². The van der Waals surface area contributed by atoms with E-state index in [0.717, 1.165) is 12.4 Å². The summed E-state index contributed by atoms with van der Waals surface area (Å²) in [7, 11) is 0. The molecule has 1 rings (SSSR count). The Morgan fingerprint density at radius 2 is 2.14 bits per heavy atom. The number of halogens is 4. The fraction of sp³-hybridized carbons (Fsp3) is 0.167. The topological polar surface area (TPSA) is 65.5 Å². The van der Waals surface area contributed by atoms with E-state index in [2.05, 4.69) is 16.6 Å². The number of aromatic nitrogens is 2. The van der Waals surface area contributed by atoms with Gasteiger partial charge in [-0.05, 0) is 11.6 Å². The van der Waals surface area contributed by atoms with Gasteiger partial charge in [-0.15, -0.1) is 0 Å². The van der Waals surface area contributed by atoms with Crippen LogP contribution >= 0.6 is 23.2 Å². The van der Waals surface area contributed by atoms with Gasteiger partial charge in [0.2, 0.25) is 0 Å². The zero-order chi connectivity index (χ0) is 10.9. The Morgan fingerprint density at radius 3 is 2.64 bits per heavy atom. The zero-order valence-electron chi connectivity index (χ0n) is 6.56. The van der Waals surface area contributed by atoms with Crippen LogP contribution in [-0.4, -0.2) is 20.8 Å². The first kappa shape index (κ1) is 11.1. The molecule has 14 heavy (non-hydrogen) atoms. The Bertz CT molecular complexity index is 423. The second kappa shape index (κ2) is 3.62. The van der Waals surface area contributed by atoms with E-state index in [1.54, 1.807) is 0 Å². The summed E-state index contributed by atoms with van der Waals surface area (Å²) in [6.45, 7) is 0. The van der Waals surface area contributed by atoms with Crippen LogP contribution in [0, 0.1) is 10.8 Å². The van der Waals surface area contributed by atoms with E-state index < -0.39 is 16.7 Å². The molecule has 0 radical (unpaired) electrons. The predicted molar refractivity (Wildman–Crippen MR) is 47.0 cm³/mol. The van der Waals surface area contributed by atoms with Crippen LogP contribution in [0.3, 0.4) is 0 Å². The maximum Gasteiger partial charge on any atom is 0.379 e. The smallest absolute Gasteiger partial charge is 0.283 e. The molecule has 0 saturated carbocycles. The molecule has 0 saturated heterocycles. The van der Waals surface area contributed by atoms with Gasteiger partial charge >= 0.3 is 5.38 Å². The summed E-state index contributed by atoms with van der Waals surface area (Å²) in [6, 6.07) is 0. The van der Waals surface area contributed by atoms with Crippen LogP contribution in [-0.2, 0) is 0 Å². The molecule has 76 valence electrons. The molecule has 1 heterocycles. The summed E-state index contributed by atoms with van der Waals surface area (Å²) in [5.41, 5.74) is -0.403. The number of hydrogen-bond donors (Lipinski definition) is 2. The summed E-state index contributed by atoms with van der Waals surface area (Å²) in [6.07, 6.45) is 1.86. The third-order valence-electron chi connectivity index (χ3n) is 1.31. The van der Waals surface area contributed by atoms with E-state index >= 15 is 0 Å².